The smallest absolute Gasteiger partial charge is 0.276 e. The van der Waals surface area contributed by atoms with Crippen LogP contribution in [0.4, 0.5) is 5.95 Å². The number of nitrogens with one attached hydrogen (secondary N) is 1. The minimum absolute atomic E-state index is 0.254. The molecular formula is C13H18N4O2S. The Hall–Kier alpha value is -1.89. The van der Waals surface area contributed by atoms with Gasteiger partial charge >= 0.3 is 0 Å². The van der Waals surface area contributed by atoms with Crippen LogP contribution in [-0.4, -0.2) is 39.0 Å². The van der Waals surface area contributed by atoms with E-state index in [-0.39, 0.29) is 5.95 Å². The summed E-state index contributed by atoms with van der Waals surface area (Å²) in [6.45, 7) is 0. The van der Waals surface area contributed by atoms with Crippen LogP contribution in [-0.2, 0) is 22.6 Å². The Labute approximate surface area is 118 Å². The van der Waals surface area contributed by atoms with Gasteiger partial charge in [-0.05, 0) is 24.1 Å². The van der Waals surface area contributed by atoms with Gasteiger partial charge in [0, 0.05) is 28.7 Å². The van der Waals surface area contributed by atoms with Crippen molar-refractivity contribution in [2.75, 3.05) is 19.6 Å². The molecule has 0 radical (unpaired) electrons. The molecule has 0 atom stereocenters. The van der Waals surface area contributed by atoms with E-state index in [1.54, 1.807) is 19.6 Å². The van der Waals surface area contributed by atoms with Crippen molar-refractivity contribution in [3.63, 3.8) is 0 Å². The van der Waals surface area contributed by atoms with Gasteiger partial charge in [0.25, 0.3) is 5.95 Å². The summed E-state index contributed by atoms with van der Waals surface area (Å²) in [6, 6.07) is 7.90. The van der Waals surface area contributed by atoms with E-state index in [9.17, 15) is 4.21 Å². The van der Waals surface area contributed by atoms with Crippen molar-refractivity contribution < 1.29 is 8.95 Å². The number of H-pyrrole nitrogens is 1. The molecule has 6 nitrogen and oxygen atoms in total. The normalized spacial score (nSPS) is 11.3. The number of methoxy groups -OCH3 is 1. The van der Waals surface area contributed by atoms with Crippen molar-refractivity contribution in [1.29, 1.82) is 0 Å². The minimum atomic E-state index is -2.22. The number of benzene rings is 1. The molecule has 0 unspecified atom stereocenters. The number of ether oxygens (including phenoxy) is 1. The van der Waals surface area contributed by atoms with Gasteiger partial charge in [0.05, 0.1) is 7.11 Å². The summed E-state index contributed by atoms with van der Waals surface area (Å²) in [6.07, 6.45) is 4.68. The molecule has 0 saturated carbocycles. The molecule has 0 saturated heterocycles. The molecule has 2 rings (SSSR count). The summed E-state index contributed by atoms with van der Waals surface area (Å²) in [5.41, 5.74) is 1.19. The number of aromatic amines is 1. The first kappa shape index (κ1) is 14.5. The standard InChI is InChI=1S/C13H18N4O2S/c1-19-11-7-4-10(5-8-11)6-9-12-14-13(16-15-12)17-20(2,3)18/h4-5,7-8H,6,9H2,1-3H3,(H,14,15,16). The molecular weight excluding hydrogens is 276 g/mol. The van der Waals surface area contributed by atoms with Crippen LogP contribution in [0.3, 0.4) is 0 Å². The van der Waals surface area contributed by atoms with Gasteiger partial charge in [-0.15, -0.1) is 5.10 Å². The molecule has 7 heteroatoms. The van der Waals surface area contributed by atoms with E-state index in [1.165, 1.54) is 5.56 Å². The highest BCUT2D eigenvalue weighted by Gasteiger charge is 2.04. The van der Waals surface area contributed by atoms with Gasteiger partial charge in [0.15, 0.2) is 0 Å². The largest absolute Gasteiger partial charge is 0.497 e. The van der Waals surface area contributed by atoms with Gasteiger partial charge in [-0.25, -0.2) is 4.21 Å². The first-order chi connectivity index (χ1) is 9.46. The summed E-state index contributed by atoms with van der Waals surface area (Å²) in [7, 11) is -0.576. The highest BCUT2D eigenvalue weighted by molar-refractivity contribution is 7.92. The Balaban J connectivity index is 1.99. The second kappa shape index (κ2) is 6.04. The summed E-state index contributed by atoms with van der Waals surface area (Å²) in [4.78, 5) is 4.21. The topological polar surface area (TPSA) is 80.2 Å². The molecule has 2 aromatic rings. The number of rotatable bonds is 5. The molecule has 20 heavy (non-hydrogen) atoms. The quantitative estimate of drug-likeness (QED) is 0.914. The van der Waals surface area contributed by atoms with Gasteiger partial charge in [-0.3, -0.25) is 5.10 Å². The molecule has 0 aliphatic heterocycles. The fourth-order valence-electron chi connectivity index (χ4n) is 1.69. The summed E-state index contributed by atoms with van der Waals surface area (Å²) >= 11 is 0. The zero-order valence-corrected chi connectivity index (χ0v) is 12.6. The van der Waals surface area contributed by atoms with Gasteiger partial charge in [0.2, 0.25) is 0 Å². The minimum Gasteiger partial charge on any atom is -0.497 e. The molecule has 0 amide bonds. The van der Waals surface area contributed by atoms with Crippen LogP contribution in [0, 0.1) is 0 Å². The predicted octanol–water partition coefficient (Wildman–Crippen LogP) is 1.96. The van der Waals surface area contributed by atoms with Crippen LogP contribution in [0.2, 0.25) is 0 Å². The van der Waals surface area contributed by atoms with E-state index < -0.39 is 9.73 Å². The van der Waals surface area contributed by atoms with E-state index >= 15 is 0 Å². The lowest BCUT2D eigenvalue weighted by Gasteiger charge is -2.01. The fraction of sp³-hybridized carbons (Fsp3) is 0.385. The number of aromatic nitrogens is 3. The molecule has 0 aliphatic rings. The lowest BCUT2D eigenvalue weighted by atomic mass is 10.1. The Kier molecular flexibility index (Phi) is 4.39. The van der Waals surface area contributed by atoms with E-state index in [1.807, 2.05) is 24.3 Å². The average molecular weight is 294 g/mol. The lowest BCUT2D eigenvalue weighted by molar-refractivity contribution is 0.414. The van der Waals surface area contributed by atoms with E-state index in [0.29, 0.717) is 0 Å². The third-order valence-corrected chi connectivity index (χ3v) is 3.23. The van der Waals surface area contributed by atoms with E-state index in [0.717, 1.165) is 24.4 Å². The Morgan fingerprint density at radius 2 is 1.95 bits per heavy atom. The number of aryl methyl sites for hydroxylation is 2. The first-order valence-electron chi connectivity index (χ1n) is 6.17. The average Bonchev–Trinajstić information content (AvgIpc) is 2.82. The van der Waals surface area contributed by atoms with Gasteiger partial charge in [-0.1, -0.05) is 12.1 Å². The van der Waals surface area contributed by atoms with Crippen LogP contribution < -0.4 is 4.74 Å². The van der Waals surface area contributed by atoms with E-state index in [2.05, 4.69) is 19.5 Å². The van der Waals surface area contributed by atoms with Crippen LogP contribution in [0.25, 0.3) is 0 Å². The lowest BCUT2D eigenvalue weighted by Crippen LogP contribution is -1.94. The summed E-state index contributed by atoms with van der Waals surface area (Å²) in [5.74, 6) is 1.84. The van der Waals surface area contributed by atoms with Crippen molar-refractivity contribution >= 4 is 15.7 Å². The zero-order chi connectivity index (χ0) is 14.6. The maximum atomic E-state index is 11.5. The Morgan fingerprint density at radius 1 is 1.25 bits per heavy atom. The number of hydrogen-bond donors (Lipinski definition) is 1. The second-order valence-corrected chi connectivity index (χ2v) is 7.25. The SMILES string of the molecule is COc1ccc(CCc2nc(N=S(C)(C)=O)n[nH]2)cc1. The molecule has 1 heterocycles. The number of hydrogen-bond acceptors (Lipinski definition) is 5. The monoisotopic (exact) mass is 294 g/mol. The molecule has 0 fully saturated rings. The highest BCUT2D eigenvalue weighted by Crippen LogP contribution is 2.13. The Morgan fingerprint density at radius 3 is 2.55 bits per heavy atom. The number of nitrogens with zero attached hydrogens (tertiary/aromatic N) is 3. The fourth-order valence-corrected chi connectivity index (χ4v) is 2.16. The van der Waals surface area contributed by atoms with Gasteiger partial charge in [-0.2, -0.15) is 9.35 Å². The van der Waals surface area contributed by atoms with Crippen LogP contribution in [0.5, 0.6) is 5.75 Å². The maximum absolute atomic E-state index is 11.5. The predicted molar refractivity (Wildman–Crippen MR) is 78.9 cm³/mol. The molecule has 0 aliphatic carbocycles. The Bertz CT molecular complexity index is 677. The summed E-state index contributed by atoms with van der Waals surface area (Å²) in [5, 5.41) is 6.76. The molecule has 1 aromatic carbocycles. The van der Waals surface area contributed by atoms with Crippen molar-refractivity contribution in [3.05, 3.63) is 35.7 Å². The maximum Gasteiger partial charge on any atom is 0.276 e. The van der Waals surface area contributed by atoms with Crippen molar-refractivity contribution in [2.24, 2.45) is 4.36 Å². The molecule has 108 valence electrons. The molecule has 0 bridgehead atoms. The molecule has 1 aromatic heterocycles. The van der Waals surface area contributed by atoms with Crippen molar-refractivity contribution in [1.82, 2.24) is 15.2 Å². The third kappa shape index (κ3) is 4.34. The van der Waals surface area contributed by atoms with E-state index in [4.69, 9.17) is 4.74 Å². The van der Waals surface area contributed by atoms with Crippen molar-refractivity contribution in [2.45, 2.75) is 12.8 Å². The van der Waals surface area contributed by atoms with Crippen LogP contribution in [0.15, 0.2) is 28.6 Å². The van der Waals surface area contributed by atoms with Crippen LogP contribution in [0.1, 0.15) is 11.4 Å². The van der Waals surface area contributed by atoms with Gasteiger partial charge < -0.3 is 4.74 Å². The molecule has 1 N–H and O–H groups in total. The summed E-state index contributed by atoms with van der Waals surface area (Å²) < 4.78 is 20.6. The third-order valence-electron chi connectivity index (χ3n) is 2.63. The first-order valence-corrected chi connectivity index (χ1v) is 8.51. The van der Waals surface area contributed by atoms with Gasteiger partial charge in [0.1, 0.15) is 11.6 Å². The highest BCUT2D eigenvalue weighted by atomic mass is 32.2. The van der Waals surface area contributed by atoms with Crippen LogP contribution >= 0.6 is 0 Å². The van der Waals surface area contributed by atoms with Crippen molar-refractivity contribution in [3.8, 4) is 5.75 Å². The second-order valence-electron chi connectivity index (χ2n) is 4.70. The zero-order valence-electron chi connectivity index (χ0n) is 11.8. The molecule has 0 spiro atoms.